The lowest BCUT2D eigenvalue weighted by atomic mass is 10.4. The molecule has 0 radical (unpaired) electrons. The molecular weight excluding hydrogens is 396 g/mol. The molecule has 2 N–H and O–H groups in total. The minimum atomic E-state index is -0.225. The largest absolute Gasteiger partial charge is 0.355 e. The van der Waals surface area contributed by atoms with E-state index in [2.05, 4.69) is 30.7 Å². The fourth-order valence-electron chi connectivity index (χ4n) is 3.06. The normalized spacial score (nSPS) is 14.2. The molecule has 0 aromatic carbocycles. The second-order valence-corrected chi connectivity index (χ2v) is 6.81. The number of alkyl halides is 1. The number of rotatable bonds is 8. The molecule has 11 heteroatoms. The smallest absolute Gasteiger partial charge is 0.321 e. The Labute approximate surface area is 171 Å². The van der Waals surface area contributed by atoms with Crippen LogP contribution < -0.4 is 15.5 Å². The van der Waals surface area contributed by atoms with Crippen LogP contribution in [0.4, 0.5) is 11.8 Å². The molecule has 4 heterocycles. The number of anilines is 2. The molecule has 152 valence electrons. The van der Waals surface area contributed by atoms with Crippen LogP contribution in [0.25, 0.3) is 17.8 Å². The van der Waals surface area contributed by atoms with Crippen molar-refractivity contribution < 1.29 is 9.32 Å². The third-order valence-electron chi connectivity index (χ3n) is 4.49. The summed E-state index contributed by atoms with van der Waals surface area (Å²) in [5.41, 5.74) is 1.60. The summed E-state index contributed by atoms with van der Waals surface area (Å²) in [5, 5.41) is 14.2. The van der Waals surface area contributed by atoms with Gasteiger partial charge in [0.2, 0.25) is 5.91 Å². The second kappa shape index (κ2) is 8.91. The van der Waals surface area contributed by atoms with Crippen LogP contribution in [-0.2, 0) is 4.79 Å². The molecule has 0 unspecified atom stereocenters. The molecule has 1 saturated heterocycles. The van der Waals surface area contributed by atoms with Gasteiger partial charge in [0.05, 0.1) is 11.9 Å². The van der Waals surface area contributed by atoms with Crippen LogP contribution in [0.5, 0.6) is 0 Å². The number of carbonyl (C=O) groups is 1. The third kappa shape index (κ3) is 4.65. The molecule has 0 spiro atoms. The molecule has 0 aliphatic carbocycles. The number of carbonyl (C=O) groups excluding carboxylic acids is 1. The summed E-state index contributed by atoms with van der Waals surface area (Å²) in [7, 11) is 0. The highest BCUT2D eigenvalue weighted by atomic mass is 35.5. The van der Waals surface area contributed by atoms with Crippen LogP contribution in [0.2, 0.25) is 0 Å². The van der Waals surface area contributed by atoms with Gasteiger partial charge in [0, 0.05) is 26.2 Å². The van der Waals surface area contributed by atoms with Gasteiger partial charge in [-0.3, -0.25) is 4.79 Å². The molecular formula is C18H21ClN8O2. The number of imidazole rings is 1. The summed E-state index contributed by atoms with van der Waals surface area (Å²) in [5.74, 6) is 1.09. The Balaban J connectivity index is 1.40. The van der Waals surface area contributed by atoms with Crippen molar-refractivity contribution in [2.45, 2.75) is 12.8 Å². The van der Waals surface area contributed by atoms with Gasteiger partial charge in [0.25, 0.3) is 0 Å². The van der Waals surface area contributed by atoms with Gasteiger partial charge in [0.1, 0.15) is 11.7 Å². The van der Waals surface area contributed by atoms with Gasteiger partial charge < -0.3 is 20.1 Å². The van der Waals surface area contributed by atoms with Gasteiger partial charge in [-0.25, -0.2) is 9.50 Å². The summed E-state index contributed by atoms with van der Waals surface area (Å²) in [4.78, 5) is 22.0. The number of halogens is 1. The molecule has 1 fully saturated rings. The van der Waals surface area contributed by atoms with Crippen LogP contribution in [-0.4, -0.2) is 62.7 Å². The highest BCUT2D eigenvalue weighted by molar-refractivity contribution is 6.27. The maximum Gasteiger partial charge on any atom is 0.321 e. The van der Waals surface area contributed by atoms with E-state index in [1.165, 1.54) is 12.8 Å². The first-order chi connectivity index (χ1) is 14.2. The molecule has 1 aliphatic heterocycles. The Morgan fingerprint density at radius 2 is 2.10 bits per heavy atom. The number of hydrogen-bond donors (Lipinski definition) is 2. The molecule has 3 aromatic rings. The van der Waals surface area contributed by atoms with Crippen molar-refractivity contribution >= 4 is 47.1 Å². The Hall–Kier alpha value is -3.14. The zero-order valence-corrected chi connectivity index (χ0v) is 16.5. The van der Waals surface area contributed by atoms with Crippen molar-refractivity contribution in [1.29, 1.82) is 0 Å². The van der Waals surface area contributed by atoms with Gasteiger partial charge in [-0.1, -0.05) is 5.16 Å². The summed E-state index contributed by atoms with van der Waals surface area (Å²) in [6.07, 6.45) is 7.73. The summed E-state index contributed by atoms with van der Waals surface area (Å²) < 4.78 is 6.94. The van der Waals surface area contributed by atoms with E-state index in [4.69, 9.17) is 21.2 Å². The highest BCUT2D eigenvalue weighted by Crippen LogP contribution is 2.19. The minimum absolute atomic E-state index is 0.0623. The summed E-state index contributed by atoms with van der Waals surface area (Å²) >= 11 is 5.41. The average molecular weight is 417 g/mol. The number of aromatic nitrogens is 5. The lowest BCUT2D eigenvalue weighted by Crippen LogP contribution is -2.29. The second-order valence-electron chi connectivity index (χ2n) is 6.54. The van der Waals surface area contributed by atoms with Crippen molar-refractivity contribution in [2.75, 3.05) is 42.3 Å². The molecule has 1 aliphatic rings. The van der Waals surface area contributed by atoms with Crippen molar-refractivity contribution in [1.82, 2.24) is 30.1 Å². The maximum absolute atomic E-state index is 11.1. The van der Waals surface area contributed by atoms with Gasteiger partial charge >= 0.3 is 6.01 Å². The van der Waals surface area contributed by atoms with E-state index in [1.54, 1.807) is 12.3 Å². The predicted octanol–water partition coefficient (Wildman–Crippen LogP) is 1.65. The van der Waals surface area contributed by atoms with Crippen LogP contribution in [0.3, 0.4) is 0 Å². The van der Waals surface area contributed by atoms with Gasteiger partial charge in [0.15, 0.2) is 11.5 Å². The van der Waals surface area contributed by atoms with Crippen molar-refractivity contribution in [3.05, 3.63) is 29.8 Å². The van der Waals surface area contributed by atoms with Crippen LogP contribution in [0.15, 0.2) is 22.9 Å². The zero-order valence-electron chi connectivity index (χ0n) is 15.7. The maximum atomic E-state index is 11.1. The predicted molar refractivity (Wildman–Crippen MR) is 110 cm³/mol. The fraction of sp³-hybridized carbons (Fsp3) is 0.389. The summed E-state index contributed by atoms with van der Waals surface area (Å²) in [6, 6.07) is 4.25. The molecule has 0 saturated carbocycles. The summed E-state index contributed by atoms with van der Waals surface area (Å²) in [6.45, 7) is 2.93. The van der Waals surface area contributed by atoms with Crippen molar-refractivity contribution in [3.8, 4) is 0 Å². The monoisotopic (exact) mass is 416 g/mol. The SMILES string of the molecule is O=C(CCl)NCCNc1nc(/C=C/c2cnc3ccc(N4CCCC4)nn23)no1. The van der Waals surface area contributed by atoms with E-state index in [1.807, 2.05) is 22.7 Å². The number of hydrogen-bond acceptors (Lipinski definition) is 8. The number of nitrogens with zero attached hydrogens (tertiary/aromatic N) is 6. The third-order valence-corrected chi connectivity index (χ3v) is 4.74. The topological polar surface area (TPSA) is 113 Å². The lowest BCUT2D eigenvalue weighted by molar-refractivity contribution is -0.118. The van der Waals surface area contributed by atoms with Crippen LogP contribution >= 0.6 is 11.6 Å². The first-order valence-electron chi connectivity index (χ1n) is 9.41. The first-order valence-corrected chi connectivity index (χ1v) is 9.94. The van der Waals surface area contributed by atoms with Crippen LogP contribution in [0.1, 0.15) is 24.4 Å². The number of nitrogens with one attached hydrogen (secondary N) is 2. The highest BCUT2D eigenvalue weighted by Gasteiger charge is 2.14. The number of fused-ring (bicyclic) bond motifs is 1. The van der Waals surface area contributed by atoms with Crippen LogP contribution in [0, 0.1) is 0 Å². The standard InChI is InChI=1S/C18H21ClN8O2/c19-11-17(28)20-7-8-21-18-23-14(25-29-18)4-3-13-12-22-15-5-6-16(24-27(13)15)26-9-1-2-10-26/h3-6,12H,1-2,7-11H2,(H,20,28)(H,21,23,25)/b4-3+. The Morgan fingerprint density at radius 1 is 1.24 bits per heavy atom. The molecule has 4 rings (SSSR count). The quantitative estimate of drug-likeness (QED) is 0.421. The first kappa shape index (κ1) is 19.2. The number of amides is 1. The Morgan fingerprint density at radius 3 is 2.93 bits per heavy atom. The van der Waals surface area contributed by atoms with Crippen molar-refractivity contribution in [3.63, 3.8) is 0 Å². The zero-order chi connectivity index (χ0) is 20.1. The molecule has 10 nitrogen and oxygen atoms in total. The van der Waals surface area contributed by atoms with Gasteiger partial charge in [-0.15, -0.1) is 16.7 Å². The van der Waals surface area contributed by atoms with E-state index in [0.717, 1.165) is 30.2 Å². The Bertz CT molecular complexity index is 1010. The van der Waals surface area contributed by atoms with E-state index in [9.17, 15) is 4.79 Å². The average Bonchev–Trinajstić information content (AvgIpc) is 3.50. The lowest BCUT2D eigenvalue weighted by Gasteiger charge is -2.15. The van der Waals surface area contributed by atoms with Gasteiger partial charge in [-0.05, 0) is 37.1 Å². The molecule has 1 amide bonds. The molecule has 0 bridgehead atoms. The van der Waals surface area contributed by atoms with Crippen molar-refractivity contribution in [2.24, 2.45) is 0 Å². The van der Waals surface area contributed by atoms with E-state index in [-0.39, 0.29) is 17.8 Å². The molecule has 3 aromatic heterocycles. The minimum Gasteiger partial charge on any atom is -0.355 e. The van der Waals surface area contributed by atoms with E-state index >= 15 is 0 Å². The van der Waals surface area contributed by atoms with E-state index < -0.39 is 0 Å². The van der Waals surface area contributed by atoms with Gasteiger partial charge in [-0.2, -0.15) is 4.98 Å². The Kier molecular flexibility index (Phi) is 5.89. The molecule has 0 atom stereocenters. The van der Waals surface area contributed by atoms with E-state index in [0.29, 0.717) is 18.9 Å². The molecule has 29 heavy (non-hydrogen) atoms. The fourth-order valence-corrected chi connectivity index (χ4v) is 3.16.